The first-order valence-corrected chi connectivity index (χ1v) is 8.57. The Bertz CT molecular complexity index is 856. The van der Waals surface area contributed by atoms with Gasteiger partial charge in [-0.1, -0.05) is 0 Å². The highest BCUT2D eigenvalue weighted by Crippen LogP contribution is 2.29. The fourth-order valence-electron chi connectivity index (χ4n) is 2.21. The molecule has 0 saturated heterocycles. The maximum atomic E-state index is 12.0. The number of ether oxygens (including phenoxy) is 2. The van der Waals surface area contributed by atoms with Crippen LogP contribution < -0.4 is 9.47 Å². The van der Waals surface area contributed by atoms with Crippen LogP contribution in [0.2, 0.25) is 0 Å². The number of amides is 1. The number of hydrogen-bond donors (Lipinski definition) is 1. The molecule has 2 aromatic rings. The van der Waals surface area contributed by atoms with Crippen LogP contribution in [0, 0.1) is 11.7 Å². The first kappa shape index (κ1) is 19.6. The van der Waals surface area contributed by atoms with Crippen LogP contribution in [0.15, 0.2) is 23.3 Å². The molecule has 0 saturated carbocycles. The van der Waals surface area contributed by atoms with E-state index < -0.39 is 6.10 Å². The smallest absolute Gasteiger partial charge is 0.262 e. The summed E-state index contributed by atoms with van der Waals surface area (Å²) in [7, 11) is 3.38. The van der Waals surface area contributed by atoms with E-state index in [-0.39, 0.29) is 5.91 Å². The van der Waals surface area contributed by atoms with Gasteiger partial charge in [-0.25, -0.2) is 0 Å². The molecule has 26 heavy (non-hydrogen) atoms. The van der Waals surface area contributed by atoms with Crippen molar-refractivity contribution in [3.05, 3.63) is 34.4 Å². The van der Waals surface area contributed by atoms with Crippen LogP contribution in [-0.2, 0) is 4.79 Å². The lowest BCUT2D eigenvalue weighted by molar-refractivity contribution is -0.135. The molecule has 1 aromatic heterocycles. The Hall–Kier alpha value is -2.68. The summed E-state index contributed by atoms with van der Waals surface area (Å²) in [5.41, 5.74) is 0.801. The minimum absolute atomic E-state index is 0.122. The molecule has 0 fully saturated rings. The molecule has 9 heteroatoms. The number of hydrogen-bond acceptors (Lipinski definition) is 6. The quantitative estimate of drug-likeness (QED) is 0.592. The Morgan fingerprint density at radius 2 is 2.19 bits per heavy atom. The summed E-state index contributed by atoms with van der Waals surface area (Å²) >= 11 is 5.12. The Balaban J connectivity index is 2.25. The highest BCUT2D eigenvalue weighted by molar-refractivity contribution is 7.71. The van der Waals surface area contributed by atoms with Crippen molar-refractivity contribution in [3.8, 4) is 11.5 Å². The average Bonchev–Trinajstić information content (AvgIpc) is 2.92. The summed E-state index contributed by atoms with van der Waals surface area (Å²) in [6.45, 7) is 5.86. The van der Waals surface area contributed by atoms with Gasteiger partial charge in [0.05, 0.1) is 12.8 Å². The van der Waals surface area contributed by atoms with Gasteiger partial charge in [0.2, 0.25) is 4.77 Å². The third kappa shape index (κ3) is 4.69. The largest absolute Gasteiger partial charge is 0.490 e. The van der Waals surface area contributed by atoms with E-state index in [1.54, 1.807) is 46.3 Å². The van der Waals surface area contributed by atoms with Gasteiger partial charge in [-0.3, -0.25) is 9.89 Å². The van der Waals surface area contributed by atoms with Gasteiger partial charge in [-0.15, -0.1) is 0 Å². The molecular formula is C17H23N5O3S. The first-order valence-electron chi connectivity index (χ1n) is 8.16. The molecular weight excluding hydrogens is 354 g/mol. The number of likely N-dealkylation sites (N-methyl/N-ethyl adjacent to an activating group) is 1. The second-order valence-corrected chi connectivity index (χ2v) is 6.15. The van der Waals surface area contributed by atoms with E-state index >= 15 is 0 Å². The van der Waals surface area contributed by atoms with Gasteiger partial charge in [0, 0.05) is 14.1 Å². The van der Waals surface area contributed by atoms with Crippen molar-refractivity contribution in [2.45, 2.75) is 26.9 Å². The fraction of sp³-hybridized carbons (Fsp3) is 0.412. The monoisotopic (exact) mass is 377 g/mol. The van der Waals surface area contributed by atoms with E-state index in [0.717, 1.165) is 5.56 Å². The van der Waals surface area contributed by atoms with Gasteiger partial charge in [0.1, 0.15) is 5.82 Å². The number of carbonyl (C=O) groups excluding carboxylic acids is 1. The molecule has 8 nitrogen and oxygen atoms in total. The lowest BCUT2D eigenvalue weighted by Gasteiger charge is -2.20. The Kier molecular flexibility index (Phi) is 6.51. The maximum absolute atomic E-state index is 12.0. The molecule has 0 radical (unpaired) electrons. The highest BCUT2D eigenvalue weighted by atomic mass is 32.1. The Morgan fingerprint density at radius 3 is 2.77 bits per heavy atom. The van der Waals surface area contributed by atoms with E-state index in [9.17, 15) is 4.79 Å². The molecule has 0 spiro atoms. The second kappa shape index (κ2) is 8.61. The predicted octanol–water partition coefficient (Wildman–Crippen LogP) is 2.39. The molecule has 1 aromatic carbocycles. The molecule has 0 unspecified atom stereocenters. The topological polar surface area (TPSA) is 84.7 Å². The van der Waals surface area contributed by atoms with E-state index in [4.69, 9.17) is 21.7 Å². The highest BCUT2D eigenvalue weighted by Gasteiger charge is 2.18. The number of aryl methyl sites for hydroxylation is 1. The van der Waals surface area contributed by atoms with Crippen molar-refractivity contribution < 1.29 is 14.3 Å². The van der Waals surface area contributed by atoms with Crippen LogP contribution in [0.3, 0.4) is 0 Å². The summed E-state index contributed by atoms with van der Waals surface area (Å²) in [5.74, 6) is 1.58. The van der Waals surface area contributed by atoms with Crippen molar-refractivity contribution in [2.75, 3.05) is 20.7 Å². The minimum atomic E-state index is -0.615. The Morgan fingerprint density at radius 1 is 1.46 bits per heavy atom. The molecule has 140 valence electrons. The Labute approximate surface area is 157 Å². The normalized spacial score (nSPS) is 12.2. The van der Waals surface area contributed by atoms with Gasteiger partial charge >= 0.3 is 0 Å². The van der Waals surface area contributed by atoms with Crippen LogP contribution in [0.5, 0.6) is 11.5 Å². The standard InChI is InChI=1S/C17H23N5O3S/c1-6-24-15-9-13(10-18-22-12(3)19-20-17(22)26)7-8-14(15)25-11(2)16(23)21(4)5/h7-11H,6H2,1-5H3,(H,20,26)/b18-10-/t11-/m0/s1. The lowest BCUT2D eigenvalue weighted by atomic mass is 10.2. The van der Waals surface area contributed by atoms with Crippen molar-refractivity contribution in [1.29, 1.82) is 0 Å². The van der Waals surface area contributed by atoms with Gasteiger partial charge in [0.15, 0.2) is 17.6 Å². The number of aromatic nitrogens is 3. The number of rotatable bonds is 7. The minimum Gasteiger partial charge on any atom is -0.490 e. The zero-order valence-electron chi connectivity index (χ0n) is 15.5. The number of aromatic amines is 1. The summed E-state index contributed by atoms with van der Waals surface area (Å²) in [4.78, 5) is 13.5. The van der Waals surface area contributed by atoms with Crippen LogP contribution in [-0.4, -0.2) is 58.7 Å². The van der Waals surface area contributed by atoms with Crippen LogP contribution in [0.25, 0.3) is 0 Å². The van der Waals surface area contributed by atoms with E-state index in [1.807, 2.05) is 13.0 Å². The van der Waals surface area contributed by atoms with E-state index in [0.29, 0.717) is 28.7 Å². The van der Waals surface area contributed by atoms with E-state index in [2.05, 4.69) is 15.3 Å². The van der Waals surface area contributed by atoms with Crippen molar-refractivity contribution in [2.24, 2.45) is 5.10 Å². The summed E-state index contributed by atoms with van der Waals surface area (Å²) in [6, 6.07) is 5.38. The molecule has 1 amide bonds. The third-order valence-corrected chi connectivity index (χ3v) is 3.76. The molecule has 1 heterocycles. The zero-order valence-corrected chi connectivity index (χ0v) is 16.3. The average molecular weight is 377 g/mol. The molecule has 2 rings (SSSR count). The first-order chi connectivity index (χ1) is 12.3. The predicted molar refractivity (Wildman–Crippen MR) is 102 cm³/mol. The number of benzene rings is 1. The molecule has 0 bridgehead atoms. The summed E-state index contributed by atoms with van der Waals surface area (Å²) < 4.78 is 13.4. The number of H-pyrrole nitrogens is 1. The third-order valence-electron chi connectivity index (χ3n) is 3.49. The van der Waals surface area contributed by atoms with Crippen molar-refractivity contribution in [1.82, 2.24) is 19.8 Å². The number of carbonyl (C=O) groups is 1. The number of nitrogens with one attached hydrogen (secondary N) is 1. The summed E-state index contributed by atoms with van der Waals surface area (Å²) in [6.07, 6.45) is 1.04. The van der Waals surface area contributed by atoms with Gasteiger partial charge in [0.25, 0.3) is 5.91 Å². The molecule has 1 atom stereocenters. The molecule has 0 aliphatic carbocycles. The SMILES string of the molecule is CCOc1cc(/C=N\n2c(C)n[nH]c2=S)ccc1O[C@@H](C)C(=O)N(C)C. The molecule has 1 N–H and O–H groups in total. The fourth-order valence-corrected chi connectivity index (χ4v) is 2.43. The van der Waals surface area contributed by atoms with Crippen LogP contribution >= 0.6 is 12.2 Å². The maximum Gasteiger partial charge on any atom is 0.262 e. The zero-order chi connectivity index (χ0) is 19.3. The summed E-state index contributed by atoms with van der Waals surface area (Å²) in [5, 5.41) is 11.0. The van der Waals surface area contributed by atoms with Gasteiger partial charge in [-0.2, -0.15) is 14.9 Å². The second-order valence-electron chi connectivity index (χ2n) is 5.76. The van der Waals surface area contributed by atoms with Crippen molar-refractivity contribution >= 4 is 24.3 Å². The van der Waals surface area contributed by atoms with Crippen LogP contribution in [0.1, 0.15) is 25.2 Å². The van der Waals surface area contributed by atoms with E-state index in [1.165, 1.54) is 9.58 Å². The van der Waals surface area contributed by atoms with Gasteiger partial charge < -0.3 is 14.4 Å². The van der Waals surface area contributed by atoms with Crippen molar-refractivity contribution in [3.63, 3.8) is 0 Å². The van der Waals surface area contributed by atoms with Gasteiger partial charge in [-0.05, 0) is 56.8 Å². The van der Waals surface area contributed by atoms with Crippen LogP contribution in [0.4, 0.5) is 0 Å². The number of nitrogens with zero attached hydrogens (tertiary/aromatic N) is 4. The molecule has 0 aliphatic heterocycles. The lowest BCUT2D eigenvalue weighted by Crippen LogP contribution is -2.35. The molecule has 0 aliphatic rings.